The van der Waals surface area contributed by atoms with E-state index in [0.717, 1.165) is 19.3 Å². The first-order chi connectivity index (χ1) is 14.2. The zero-order valence-corrected chi connectivity index (χ0v) is 20.6. The molecule has 1 unspecified atom stereocenters. The van der Waals surface area contributed by atoms with Gasteiger partial charge in [0.1, 0.15) is 0 Å². The number of carbonyl (C=O) groups is 1. The summed E-state index contributed by atoms with van der Waals surface area (Å²) in [7, 11) is 0. The molecule has 0 N–H and O–H groups in total. The highest BCUT2D eigenvalue weighted by Gasteiger charge is 2.17. The minimum atomic E-state index is 0.0302. The molecule has 2 heteroatoms. The van der Waals surface area contributed by atoms with Crippen LogP contribution in [-0.2, 0) is 9.53 Å². The molecule has 0 aromatic heterocycles. The average Bonchev–Trinajstić information content (AvgIpc) is 2.73. The molecule has 0 aromatic rings. The van der Waals surface area contributed by atoms with Crippen LogP contribution in [0.2, 0.25) is 0 Å². The molecule has 0 fully saturated rings. The molecule has 0 aromatic carbocycles. The van der Waals surface area contributed by atoms with E-state index in [1.807, 2.05) is 6.92 Å². The van der Waals surface area contributed by atoms with Gasteiger partial charge in [-0.2, -0.15) is 0 Å². The summed E-state index contributed by atoms with van der Waals surface area (Å²) in [5.74, 6) is 0.666. The number of hydrogen-bond acceptors (Lipinski definition) is 2. The van der Waals surface area contributed by atoms with Crippen LogP contribution in [0.3, 0.4) is 0 Å². The molecule has 2 nitrogen and oxygen atoms in total. The van der Waals surface area contributed by atoms with E-state index in [1.165, 1.54) is 103 Å². The second-order valence-corrected chi connectivity index (χ2v) is 9.36. The molecule has 0 aliphatic rings. The number of rotatable bonds is 22. The summed E-state index contributed by atoms with van der Waals surface area (Å²) >= 11 is 0. The lowest BCUT2D eigenvalue weighted by Crippen LogP contribution is -2.19. The van der Waals surface area contributed by atoms with Crippen molar-refractivity contribution in [3.63, 3.8) is 0 Å². The molecule has 0 bridgehead atoms. The van der Waals surface area contributed by atoms with Gasteiger partial charge in [0, 0.05) is 0 Å². The zero-order chi connectivity index (χ0) is 21.6. The second kappa shape index (κ2) is 22.2. The third-order valence-electron chi connectivity index (χ3n) is 6.29. The molecule has 1 atom stereocenters. The highest BCUT2D eigenvalue weighted by atomic mass is 16.5. The Bertz CT molecular complexity index is 321. The first-order valence-corrected chi connectivity index (χ1v) is 13.3. The number of carbonyl (C=O) groups excluding carboxylic acids is 1. The molecule has 0 aliphatic heterocycles. The van der Waals surface area contributed by atoms with Crippen molar-refractivity contribution in [3.05, 3.63) is 0 Å². The third kappa shape index (κ3) is 19.2. The van der Waals surface area contributed by atoms with E-state index >= 15 is 0 Å². The molecular weight excluding hydrogens is 356 g/mol. The lowest BCUT2D eigenvalue weighted by Gasteiger charge is -2.19. The topological polar surface area (TPSA) is 26.3 Å². The van der Waals surface area contributed by atoms with Gasteiger partial charge in [-0.05, 0) is 25.2 Å². The Labute approximate surface area is 184 Å². The Kier molecular flexibility index (Phi) is 21.8. The molecule has 0 saturated heterocycles. The van der Waals surface area contributed by atoms with E-state index in [9.17, 15) is 4.79 Å². The van der Waals surface area contributed by atoms with Gasteiger partial charge in [-0.3, -0.25) is 4.79 Å². The van der Waals surface area contributed by atoms with Crippen LogP contribution in [-0.4, -0.2) is 12.6 Å². The van der Waals surface area contributed by atoms with Crippen LogP contribution in [0.5, 0.6) is 0 Å². The number of hydrogen-bond donors (Lipinski definition) is 0. The summed E-state index contributed by atoms with van der Waals surface area (Å²) in [6.07, 6.45) is 24.7. The summed E-state index contributed by atoms with van der Waals surface area (Å²) in [5.41, 5.74) is 0. The van der Waals surface area contributed by atoms with E-state index < -0.39 is 0 Å². The van der Waals surface area contributed by atoms with Gasteiger partial charge in [0.25, 0.3) is 0 Å². The monoisotopic (exact) mass is 410 g/mol. The number of esters is 1. The van der Waals surface area contributed by atoms with Gasteiger partial charge in [-0.25, -0.2) is 0 Å². The largest absolute Gasteiger partial charge is 0.465 e. The lowest BCUT2D eigenvalue weighted by molar-refractivity contribution is -0.149. The molecule has 0 rings (SSSR count). The van der Waals surface area contributed by atoms with Gasteiger partial charge >= 0.3 is 5.97 Å². The van der Waals surface area contributed by atoms with Crippen molar-refractivity contribution in [1.82, 2.24) is 0 Å². The smallest absolute Gasteiger partial charge is 0.308 e. The van der Waals surface area contributed by atoms with Crippen LogP contribution in [0.15, 0.2) is 0 Å². The van der Waals surface area contributed by atoms with Crippen LogP contribution in [0.4, 0.5) is 0 Å². The summed E-state index contributed by atoms with van der Waals surface area (Å²) in [4.78, 5) is 12.3. The highest BCUT2D eigenvalue weighted by Crippen LogP contribution is 2.21. The van der Waals surface area contributed by atoms with Crippen LogP contribution in [0.25, 0.3) is 0 Å². The molecule has 0 heterocycles. The van der Waals surface area contributed by atoms with Crippen LogP contribution >= 0.6 is 0 Å². The normalized spacial score (nSPS) is 12.4. The summed E-state index contributed by atoms with van der Waals surface area (Å²) in [5, 5.41) is 0. The van der Waals surface area contributed by atoms with Crippen LogP contribution in [0, 0.1) is 11.8 Å². The fourth-order valence-electron chi connectivity index (χ4n) is 4.06. The molecule has 0 saturated carbocycles. The van der Waals surface area contributed by atoms with Crippen molar-refractivity contribution in [1.29, 1.82) is 0 Å². The van der Waals surface area contributed by atoms with Crippen molar-refractivity contribution in [2.24, 2.45) is 11.8 Å². The minimum Gasteiger partial charge on any atom is -0.465 e. The lowest BCUT2D eigenvalue weighted by atomic mass is 9.94. The van der Waals surface area contributed by atoms with Crippen molar-refractivity contribution in [2.45, 2.75) is 150 Å². The summed E-state index contributed by atoms with van der Waals surface area (Å²) in [6, 6.07) is 0. The standard InChI is InChI=1S/C27H54O2/c1-5-8-11-13-15-17-19-22-26(23-20-18-16-14-12-9-6-2)24-29-27(28)25(4)21-10-7-3/h25-26H,5-24H2,1-4H3. The van der Waals surface area contributed by atoms with Crippen molar-refractivity contribution < 1.29 is 9.53 Å². The number of ether oxygens (including phenoxy) is 1. The Morgan fingerprint density at radius 3 is 1.45 bits per heavy atom. The molecule has 0 radical (unpaired) electrons. The van der Waals surface area contributed by atoms with E-state index in [4.69, 9.17) is 4.74 Å². The van der Waals surface area contributed by atoms with E-state index in [0.29, 0.717) is 12.5 Å². The molecule has 0 amide bonds. The molecular formula is C27H54O2. The summed E-state index contributed by atoms with van der Waals surface area (Å²) in [6.45, 7) is 9.41. The van der Waals surface area contributed by atoms with Crippen molar-refractivity contribution >= 4 is 5.97 Å². The van der Waals surface area contributed by atoms with Gasteiger partial charge in [0.15, 0.2) is 0 Å². The fraction of sp³-hybridized carbons (Fsp3) is 0.963. The van der Waals surface area contributed by atoms with E-state index in [-0.39, 0.29) is 11.9 Å². The van der Waals surface area contributed by atoms with Crippen LogP contribution in [0.1, 0.15) is 150 Å². The summed E-state index contributed by atoms with van der Waals surface area (Å²) < 4.78 is 5.74. The first-order valence-electron chi connectivity index (χ1n) is 13.3. The fourth-order valence-corrected chi connectivity index (χ4v) is 4.06. The number of unbranched alkanes of at least 4 members (excludes halogenated alkanes) is 13. The van der Waals surface area contributed by atoms with E-state index in [2.05, 4.69) is 20.8 Å². The van der Waals surface area contributed by atoms with Gasteiger partial charge < -0.3 is 4.74 Å². The molecule has 0 aliphatic carbocycles. The molecule has 174 valence electrons. The van der Waals surface area contributed by atoms with Crippen molar-refractivity contribution in [2.75, 3.05) is 6.61 Å². The van der Waals surface area contributed by atoms with Gasteiger partial charge in [0.2, 0.25) is 0 Å². The van der Waals surface area contributed by atoms with Gasteiger partial charge in [-0.1, -0.05) is 130 Å². The molecule has 29 heavy (non-hydrogen) atoms. The predicted octanol–water partition coefficient (Wildman–Crippen LogP) is 9.25. The third-order valence-corrected chi connectivity index (χ3v) is 6.29. The Morgan fingerprint density at radius 2 is 1.00 bits per heavy atom. The van der Waals surface area contributed by atoms with Crippen molar-refractivity contribution in [3.8, 4) is 0 Å². The quantitative estimate of drug-likeness (QED) is 0.131. The maximum Gasteiger partial charge on any atom is 0.308 e. The zero-order valence-electron chi connectivity index (χ0n) is 20.6. The Hall–Kier alpha value is -0.530. The second-order valence-electron chi connectivity index (χ2n) is 9.36. The van der Waals surface area contributed by atoms with Gasteiger partial charge in [-0.15, -0.1) is 0 Å². The Morgan fingerprint density at radius 1 is 0.586 bits per heavy atom. The average molecular weight is 411 g/mol. The Balaban J connectivity index is 4.10. The highest BCUT2D eigenvalue weighted by molar-refractivity contribution is 5.71. The van der Waals surface area contributed by atoms with Crippen LogP contribution < -0.4 is 0 Å². The predicted molar refractivity (Wildman–Crippen MR) is 128 cm³/mol. The first kappa shape index (κ1) is 28.5. The molecule has 0 spiro atoms. The SMILES string of the molecule is CCCCCCCCCC(CCCCCCCCC)COC(=O)C(C)CCCC. The van der Waals surface area contributed by atoms with Gasteiger partial charge in [0.05, 0.1) is 12.5 Å². The van der Waals surface area contributed by atoms with E-state index in [1.54, 1.807) is 0 Å². The maximum absolute atomic E-state index is 12.3. The maximum atomic E-state index is 12.3. The minimum absolute atomic E-state index is 0.0302.